The number of phenolic OH excluding ortho intramolecular Hbond substituents is 1. The van der Waals surface area contributed by atoms with Crippen molar-refractivity contribution in [1.29, 1.82) is 0 Å². The van der Waals surface area contributed by atoms with Crippen LogP contribution in [0.5, 0.6) is 5.75 Å². The number of nitrogens with one attached hydrogen (secondary N) is 1. The summed E-state index contributed by atoms with van der Waals surface area (Å²) in [4.78, 5) is 0. The second kappa shape index (κ2) is 11.0. The van der Waals surface area contributed by atoms with Gasteiger partial charge in [0.05, 0.1) is 0 Å². The third-order valence-corrected chi connectivity index (χ3v) is 3.50. The standard InChI is InChI=1S/C16H26ClNO/c17-12-7-5-3-1-2-4-6-8-13-18-15-10-9-11-16(19)14-15/h9-11,14,18-19H,1-8,12-13H2. The van der Waals surface area contributed by atoms with Gasteiger partial charge in [0.1, 0.15) is 5.75 Å². The Balaban J connectivity index is 1.89. The topological polar surface area (TPSA) is 32.3 Å². The van der Waals surface area contributed by atoms with Crippen molar-refractivity contribution < 1.29 is 5.11 Å². The summed E-state index contributed by atoms with van der Waals surface area (Å²) in [7, 11) is 0. The van der Waals surface area contributed by atoms with E-state index in [1.165, 1.54) is 44.9 Å². The lowest BCUT2D eigenvalue weighted by atomic mass is 10.1. The summed E-state index contributed by atoms with van der Waals surface area (Å²) in [5, 5.41) is 12.7. The molecule has 0 bridgehead atoms. The summed E-state index contributed by atoms with van der Waals surface area (Å²) in [6, 6.07) is 7.29. The molecule has 3 heteroatoms. The number of unbranched alkanes of at least 4 members (excludes halogenated alkanes) is 7. The van der Waals surface area contributed by atoms with Gasteiger partial charge in [0.15, 0.2) is 0 Å². The lowest BCUT2D eigenvalue weighted by molar-refractivity contribution is 0.475. The van der Waals surface area contributed by atoms with Crippen LogP contribution in [0.15, 0.2) is 24.3 Å². The summed E-state index contributed by atoms with van der Waals surface area (Å²) >= 11 is 5.64. The average Bonchev–Trinajstić information content (AvgIpc) is 2.41. The van der Waals surface area contributed by atoms with Crippen molar-refractivity contribution in [2.24, 2.45) is 0 Å². The van der Waals surface area contributed by atoms with Crippen LogP contribution in [-0.2, 0) is 0 Å². The molecule has 0 heterocycles. The first-order chi connectivity index (χ1) is 9.33. The summed E-state index contributed by atoms with van der Waals surface area (Å²) in [5.41, 5.74) is 1.00. The first-order valence-corrected chi connectivity index (χ1v) is 7.95. The molecule has 0 aromatic heterocycles. The largest absolute Gasteiger partial charge is 0.508 e. The van der Waals surface area contributed by atoms with E-state index >= 15 is 0 Å². The highest BCUT2D eigenvalue weighted by molar-refractivity contribution is 6.17. The quantitative estimate of drug-likeness (QED) is 0.434. The molecule has 0 aliphatic rings. The molecule has 0 aliphatic carbocycles. The van der Waals surface area contributed by atoms with E-state index in [-0.39, 0.29) is 0 Å². The van der Waals surface area contributed by atoms with Crippen LogP contribution in [0.4, 0.5) is 5.69 Å². The highest BCUT2D eigenvalue weighted by Crippen LogP contribution is 2.15. The van der Waals surface area contributed by atoms with Crippen molar-refractivity contribution in [3.05, 3.63) is 24.3 Å². The molecule has 0 atom stereocenters. The minimum atomic E-state index is 0.321. The maximum Gasteiger partial charge on any atom is 0.117 e. The number of alkyl halides is 1. The van der Waals surface area contributed by atoms with Crippen molar-refractivity contribution in [3.8, 4) is 5.75 Å². The van der Waals surface area contributed by atoms with Gasteiger partial charge in [-0.2, -0.15) is 0 Å². The molecule has 0 saturated heterocycles. The Kier molecular flexibility index (Phi) is 9.34. The predicted octanol–water partition coefficient (Wildman–Crippen LogP) is 5.16. The van der Waals surface area contributed by atoms with Gasteiger partial charge >= 0.3 is 0 Å². The Bertz CT molecular complexity index is 330. The molecule has 0 amide bonds. The van der Waals surface area contributed by atoms with Crippen LogP contribution in [0.2, 0.25) is 0 Å². The fourth-order valence-corrected chi connectivity index (χ4v) is 2.32. The fraction of sp³-hybridized carbons (Fsp3) is 0.625. The average molecular weight is 284 g/mol. The second-order valence-corrected chi connectivity index (χ2v) is 5.37. The molecule has 0 saturated carbocycles. The zero-order chi connectivity index (χ0) is 13.8. The summed E-state index contributed by atoms with van der Waals surface area (Å²) in [6.07, 6.45) is 10.2. The Morgan fingerprint density at radius 2 is 1.53 bits per heavy atom. The Morgan fingerprint density at radius 3 is 2.16 bits per heavy atom. The number of anilines is 1. The van der Waals surface area contributed by atoms with Gasteiger partial charge in [0, 0.05) is 24.2 Å². The lowest BCUT2D eigenvalue weighted by Crippen LogP contribution is -2.00. The molecule has 0 unspecified atom stereocenters. The van der Waals surface area contributed by atoms with E-state index in [1.807, 2.05) is 12.1 Å². The van der Waals surface area contributed by atoms with Crippen molar-refractivity contribution in [1.82, 2.24) is 0 Å². The SMILES string of the molecule is Oc1cccc(NCCCCCCCCCCCl)c1. The monoisotopic (exact) mass is 283 g/mol. The number of phenols is 1. The van der Waals surface area contributed by atoms with Gasteiger partial charge < -0.3 is 10.4 Å². The minimum Gasteiger partial charge on any atom is -0.508 e. The highest BCUT2D eigenvalue weighted by atomic mass is 35.5. The van der Waals surface area contributed by atoms with Crippen LogP contribution >= 0.6 is 11.6 Å². The Labute approximate surface area is 122 Å². The van der Waals surface area contributed by atoms with Gasteiger partial charge in [-0.25, -0.2) is 0 Å². The van der Waals surface area contributed by atoms with Gasteiger partial charge in [-0.1, -0.05) is 44.6 Å². The van der Waals surface area contributed by atoms with Gasteiger partial charge in [0.25, 0.3) is 0 Å². The van der Waals surface area contributed by atoms with Gasteiger partial charge in [-0.05, 0) is 25.0 Å². The molecule has 19 heavy (non-hydrogen) atoms. The van der Waals surface area contributed by atoms with Crippen LogP contribution in [0.1, 0.15) is 51.4 Å². The van der Waals surface area contributed by atoms with Crippen LogP contribution in [0.25, 0.3) is 0 Å². The maximum absolute atomic E-state index is 9.33. The molecule has 0 aliphatic heterocycles. The summed E-state index contributed by atoms with van der Waals surface area (Å²) in [6.45, 7) is 0.982. The Hall–Kier alpha value is -0.890. The molecule has 1 aromatic rings. The molecular weight excluding hydrogens is 258 g/mol. The normalized spacial score (nSPS) is 10.6. The van der Waals surface area contributed by atoms with Crippen molar-refractivity contribution in [2.75, 3.05) is 17.7 Å². The molecule has 0 spiro atoms. The van der Waals surface area contributed by atoms with Crippen molar-refractivity contribution in [3.63, 3.8) is 0 Å². The fourth-order valence-electron chi connectivity index (χ4n) is 2.13. The smallest absolute Gasteiger partial charge is 0.117 e. The summed E-state index contributed by atoms with van der Waals surface area (Å²) < 4.78 is 0. The molecule has 2 N–H and O–H groups in total. The van der Waals surface area contributed by atoms with E-state index < -0.39 is 0 Å². The first-order valence-electron chi connectivity index (χ1n) is 7.42. The van der Waals surface area contributed by atoms with Crippen LogP contribution < -0.4 is 5.32 Å². The minimum absolute atomic E-state index is 0.321. The molecule has 0 radical (unpaired) electrons. The number of hydrogen-bond donors (Lipinski definition) is 2. The van der Waals surface area contributed by atoms with E-state index in [2.05, 4.69) is 5.32 Å². The summed E-state index contributed by atoms with van der Waals surface area (Å²) in [5.74, 6) is 1.13. The van der Waals surface area contributed by atoms with Crippen LogP contribution in [0, 0.1) is 0 Å². The van der Waals surface area contributed by atoms with Gasteiger partial charge in [0.2, 0.25) is 0 Å². The zero-order valence-electron chi connectivity index (χ0n) is 11.7. The van der Waals surface area contributed by atoms with E-state index in [4.69, 9.17) is 11.6 Å². The number of aromatic hydroxyl groups is 1. The molecular formula is C16H26ClNO. The van der Waals surface area contributed by atoms with E-state index in [0.29, 0.717) is 5.75 Å². The molecule has 1 aromatic carbocycles. The second-order valence-electron chi connectivity index (χ2n) is 4.99. The predicted molar refractivity (Wildman–Crippen MR) is 84.3 cm³/mol. The third kappa shape index (κ3) is 8.77. The maximum atomic E-state index is 9.33. The van der Waals surface area contributed by atoms with Gasteiger partial charge in [-0.15, -0.1) is 11.6 Å². The van der Waals surface area contributed by atoms with E-state index in [9.17, 15) is 5.11 Å². The van der Waals surface area contributed by atoms with Crippen LogP contribution in [-0.4, -0.2) is 17.5 Å². The van der Waals surface area contributed by atoms with Crippen molar-refractivity contribution >= 4 is 17.3 Å². The molecule has 2 nitrogen and oxygen atoms in total. The highest BCUT2D eigenvalue weighted by Gasteiger charge is 1.94. The third-order valence-electron chi connectivity index (χ3n) is 3.24. The van der Waals surface area contributed by atoms with E-state index in [0.717, 1.165) is 24.5 Å². The number of hydrogen-bond acceptors (Lipinski definition) is 2. The van der Waals surface area contributed by atoms with Crippen molar-refractivity contribution in [2.45, 2.75) is 51.4 Å². The van der Waals surface area contributed by atoms with Crippen LogP contribution in [0.3, 0.4) is 0 Å². The van der Waals surface area contributed by atoms with E-state index in [1.54, 1.807) is 12.1 Å². The lowest BCUT2D eigenvalue weighted by Gasteiger charge is -2.06. The first kappa shape index (κ1) is 16.2. The number of halogens is 1. The molecule has 0 fully saturated rings. The number of rotatable bonds is 11. The molecule has 108 valence electrons. The molecule has 1 rings (SSSR count). The number of benzene rings is 1. The Morgan fingerprint density at radius 1 is 0.895 bits per heavy atom. The zero-order valence-corrected chi connectivity index (χ0v) is 12.5. The van der Waals surface area contributed by atoms with Gasteiger partial charge in [-0.3, -0.25) is 0 Å².